The molecule has 0 fully saturated rings. The molecular weight excluding hydrogens is 250 g/mol. The number of nitrogens with one attached hydrogen (secondary N) is 2. The van der Waals surface area contributed by atoms with Crippen molar-refractivity contribution in [2.75, 3.05) is 6.54 Å². The molecule has 1 aromatic rings. The molecule has 0 bridgehead atoms. The molecular formula is C16H23N3O. The maximum absolute atomic E-state index is 11.8. The molecule has 0 radical (unpaired) electrons. The highest BCUT2D eigenvalue weighted by Crippen LogP contribution is 2.19. The van der Waals surface area contributed by atoms with Crippen LogP contribution in [0.1, 0.15) is 50.6 Å². The molecule has 0 saturated carbocycles. The summed E-state index contributed by atoms with van der Waals surface area (Å²) in [5.41, 5.74) is 2.55. The summed E-state index contributed by atoms with van der Waals surface area (Å²) in [6.45, 7) is 2.68. The fourth-order valence-electron chi connectivity index (χ4n) is 2.45. The molecule has 0 aliphatic heterocycles. The van der Waals surface area contributed by atoms with Gasteiger partial charge < -0.3 is 10.6 Å². The van der Waals surface area contributed by atoms with E-state index in [4.69, 9.17) is 0 Å². The molecule has 1 aromatic heterocycles. The SMILES string of the molecule is CC(NC(=O)NCCC1=CCCCC1)c1ccncc1. The summed E-state index contributed by atoms with van der Waals surface area (Å²) in [4.78, 5) is 15.8. The van der Waals surface area contributed by atoms with Crippen molar-refractivity contribution in [3.8, 4) is 0 Å². The minimum atomic E-state index is -0.106. The van der Waals surface area contributed by atoms with Gasteiger partial charge in [0.1, 0.15) is 0 Å². The van der Waals surface area contributed by atoms with Gasteiger partial charge >= 0.3 is 6.03 Å². The van der Waals surface area contributed by atoms with Crippen LogP contribution in [0.25, 0.3) is 0 Å². The number of rotatable bonds is 5. The molecule has 1 atom stereocenters. The van der Waals surface area contributed by atoms with Gasteiger partial charge in [0, 0.05) is 18.9 Å². The van der Waals surface area contributed by atoms with Crippen LogP contribution in [0.15, 0.2) is 36.2 Å². The van der Waals surface area contributed by atoms with Crippen LogP contribution in [-0.2, 0) is 0 Å². The van der Waals surface area contributed by atoms with Gasteiger partial charge in [0.2, 0.25) is 0 Å². The monoisotopic (exact) mass is 273 g/mol. The third kappa shape index (κ3) is 4.68. The van der Waals surface area contributed by atoms with Crippen LogP contribution < -0.4 is 10.6 Å². The Morgan fingerprint density at radius 2 is 2.15 bits per heavy atom. The van der Waals surface area contributed by atoms with Crippen LogP contribution in [0.3, 0.4) is 0 Å². The maximum Gasteiger partial charge on any atom is 0.315 e. The highest BCUT2D eigenvalue weighted by atomic mass is 16.2. The lowest BCUT2D eigenvalue weighted by Crippen LogP contribution is -2.37. The lowest BCUT2D eigenvalue weighted by atomic mass is 9.97. The third-order valence-corrected chi connectivity index (χ3v) is 3.67. The summed E-state index contributed by atoms with van der Waals surface area (Å²) in [6.07, 6.45) is 11.7. The first-order chi connectivity index (χ1) is 9.75. The van der Waals surface area contributed by atoms with Crippen molar-refractivity contribution in [1.82, 2.24) is 15.6 Å². The molecule has 4 heteroatoms. The Bertz CT molecular complexity index is 456. The Morgan fingerprint density at radius 1 is 1.35 bits per heavy atom. The average Bonchev–Trinajstić information content (AvgIpc) is 2.49. The topological polar surface area (TPSA) is 54.0 Å². The second-order valence-electron chi connectivity index (χ2n) is 5.26. The molecule has 1 aliphatic rings. The van der Waals surface area contributed by atoms with E-state index in [-0.39, 0.29) is 12.1 Å². The number of pyridine rings is 1. The Labute approximate surface area is 120 Å². The first kappa shape index (κ1) is 14.6. The van der Waals surface area contributed by atoms with E-state index >= 15 is 0 Å². The van der Waals surface area contributed by atoms with Gasteiger partial charge in [-0.05, 0) is 56.7 Å². The van der Waals surface area contributed by atoms with Crippen LogP contribution in [0.4, 0.5) is 4.79 Å². The third-order valence-electron chi connectivity index (χ3n) is 3.67. The zero-order valence-corrected chi connectivity index (χ0v) is 12.1. The number of amides is 2. The zero-order valence-electron chi connectivity index (χ0n) is 12.1. The van der Waals surface area contributed by atoms with Crippen LogP contribution in [-0.4, -0.2) is 17.6 Å². The molecule has 1 heterocycles. The second kappa shape index (κ2) is 7.68. The summed E-state index contributed by atoms with van der Waals surface area (Å²) in [7, 11) is 0. The zero-order chi connectivity index (χ0) is 14.2. The lowest BCUT2D eigenvalue weighted by Gasteiger charge is -2.16. The van der Waals surface area contributed by atoms with Gasteiger partial charge in [0.25, 0.3) is 0 Å². The second-order valence-corrected chi connectivity index (χ2v) is 5.26. The van der Waals surface area contributed by atoms with Crippen molar-refractivity contribution in [2.24, 2.45) is 0 Å². The van der Waals surface area contributed by atoms with Crippen molar-refractivity contribution >= 4 is 6.03 Å². The van der Waals surface area contributed by atoms with Crippen molar-refractivity contribution in [3.05, 3.63) is 41.7 Å². The van der Waals surface area contributed by atoms with Crippen molar-refractivity contribution in [2.45, 2.75) is 45.1 Å². The average molecular weight is 273 g/mol. The molecule has 108 valence electrons. The van der Waals surface area contributed by atoms with Crippen LogP contribution in [0.5, 0.6) is 0 Å². The number of aromatic nitrogens is 1. The molecule has 0 spiro atoms. The van der Waals surface area contributed by atoms with Gasteiger partial charge in [-0.3, -0.25) is 4.98 Å². The number of hydrogen-bond acceptors (Lipinski definition) is 2. The fourth-order valence-corrected chi connectivity index (χ4v) is 2.45. The molecule has 2 amide bonds. The summed E-state index contributed by atoms with van der Waals surface area (Å²) in [5, 5.41) is 5.86. The van der Waals surface area contributed by atoms with Gasteiger partial charge in [-0.15, -0.1) is 0 Å². The number of hydrogen-bond donors (Lipinski definition) is 2. The molecule has 2 rings (SSSR count). The number of carbonyl (C=O) groups excluding carboxylic acids is 1. The Balaban J connectivity index is 1.69. The summed E-state index contributed by atoms with van der Waals surface area (Å²) in [6, 6.07) is 3.72. The molecule has 0 aromatic carbocycles. The van der Waals surface area contributed by atoms with Crippen LogP contribution in [0.2, 0.25) is 0 Å². The Kier molecular flexibility index (Phi) is 5.59. The largest absolute Gasteiger partial charge is 0.338 e. The molecule has 2 N–H and O–H groups in total. The number of nitrogens with zero attached hydrogens (tertiary/aromatic N) is 1. The molecule has 4 nitrogen and oxygen atoms in total. The summed E-state index contributed by atoms with van der Waals surface area (Å²) >= 11 is 0. The standard InChI is InChI=1S/C16H23N3O/c1-13(15-8-10-17-11-9-15)19-16(20)18-12-7-14-5-3-2-4-6-14/h5,8-11,13H,2-4,6-7,12H2,1H3,(H2,18,19,20). The van der Waals surface area contributed by atoms with E-state index in [1.807, 2.05) is 19.1 Å². The van der Waals surface area contributed by atoms with E-state index in [1.165, 1.54) is 31.3 Å². The van der Waals surface area contributed by atoms with Crippen molar-refractivity contribution < 1.29 is 4.79 Å². The molecule has 20 heavy (non-hydrogen) atoms. The Hall–Kier alpha value is -1.84. The maximum atomic E-state index is 11.8. The van der Waals surface area contributed by atoms with Crippen molar-refractivity contribution in [1.29, 1.82) is 0 Å². The summed E-state index contributed by atoms with van der Waals surface area (Å²) in [5.74, 6) is 0. The van der Waals surface area contributed by atoms with E-state index < -0.39 is 0 Å². The van der Waals surface area contributed by atoms with E-state index in [1.54, 1.807) is 12.4 Å². The fraction of sp³-hybridized carbons (Fsp3) is 0.500. The van der Waals surface area contributed by atoms with Gasteiger partial charge in [-0.25, -0.2) is 4.79 Å². The van der Waals surface area contributed by atoms with E-state index in [9.17, 15) is 4.79 Å². The first-order valence-electron chi connectivity index (χ1n) is 7.38. The number of allylic oxidation sites excluding steroid dienone is 1. The highest BCUT2D eigenvalue weighted by Gasteiger charge is 2.09. The van der Waals surface area contributed by atoms with Crippen molar-refractivity contribution in [3.63, 3.8) is 0 Å². The molecule has 1 unspecified atom stereocenters. The lowest BCUT2D eigenvalue weighted by molar-refractivity contribution is 0.238. The van der Waals surface area contributed by atoms with E-state index in [0.717, 1.165) is 12.0 Å². The summed E-state index contributed by atoms with van der Waals surface area (Å²) < 4.78 is 0. The quantitative estimate of drug-likeness (QED) is 0.808. The number of urea groups is 1. The number of carbonyl (C=O) groups is 1. The van der Waals surface area contributed by atoms with E-state index in [2.05, 4.69) is 21.7 Å². The van der Waals surface area contributed by atoms with Gasteiger partial charge in [-0.2, -0.15) is 0 Å². The predicted molar refractivity (Wildman–Crippen MR) is 80.4 cm³/mol. The van der Waals surface area contributed by atoms with E-state index in [0.29, 0.717) is 6.54 Å². The van der Waals surface area contributed by atoms with Gasteiger partial charge in [0.05, 0.1) is 6.04 Å². The minimum absolute atomic E-state index is 0.00750. The predicted octanol–water partition coefficient (Wildman–Crippen LogP) is 3.33. The Morgan fingerprint density at radius 3 is 2.85 bits per heavy atom. The molecule has 0 saturated heterocycles. The highest BCUT2D eigenvalue weighted by molar-refractivity contribution is 5.74. The van der Waals surface area contributed by atoms with Crippen LogP contribution >= 0.6 is 0 Å². The first-order valence-corrected chi connectivity index (χ1v) is 7.38. The van der Waals surface area contributed by atoms with Crippen LogP contribution in [0, 0.1) is 0 Å². The molecule has 1 aliphatic carbocycles. The smallest absolute Gasteiger partial charge is 0.315 e. The normalized spacial score (nSPS) is 16.1. The minimum Gasteiger partial charge on any atom is -0.338 e. The van der Waals surface area contributed by atoms with Gasteiger partial charge in [0.15, 0.2) is 0 Å². The van der Waals surface area contributed by atoms with Gasteiger partial charge in [-0.1, -0.05) is 11.6 Å².